The highest BCUT2D eigenvalue weighted by Crippen LogP contribution is 2.32. The van der Waals surface area contributed by atoms with Crippen LogP contribution in [0.5, 0.6) is 0 Å². The Morgan fingerprint density at radius 2 is 1.87 bits per heavy atom. The predicted octanol–water partition coefficient (Wildman–Crippen LogP) is 1.83. The van der Waals surface area contributed by atoms with Crippen LogP contribution in [0.4, 0.5) is 0 Å². The highest BCUT2D eigenvalue weighted by Gasteiger charge is 2.39. The van der Waals surface area contributed by atoms with Crippen molar-refractivity contribution < 1.29 is 0 Å². The van der Waals surface area contributed by atoms with E-state index < -0.39 is 0 Å². The van der Waals surface area contributed by atoms with E-state index in [9.17, 15) is 0 Å². The molecule has 3 unspecified atom stereocenters. The van der Waals surface area contributed by atoms with Gasteiger partial charge in [0, 0.05) is 32.2 Å². The molecule has 0 aromatic heterocycles. The van der Waals surface area contributed by atoms with Gasteiger partial charge in [-0.1, -0.05) is 13.0 Å². The van der Waals surface area contributed by atoms with Gasteiger partial charge in [-0.3, -0.25) is 4.90 Å². The van der Waals surface area contributed by atoms with Crippen LogP contribution in [0.15, 0.2) is 12.7 Å². The molecule has 2 fully saturated rings. The van der Waals surface area contributed by atoms with E-state index in [2.05, 4.69) is 36.4 Å². The molecule has 86 valence electrons. The summed E-state index contributed by atoms with van der Waals surface area (Å²) in [6.45, 7) is 11.4. The molecule has 2 saturated heterocycles. The molecule has 0 aromatic rings. The van der Waals surface area contributed by atoms with Gasteiger partial charge in [0.15, 0.2) is 0 Å². The van der Waals surface area contributed by atoms with Crippen LogP contribution in [0.25, 0.3) is 0 Å². The second kappa shape index (κ2) is 4.67. The summed E-state index contributed by atoms with van der Waals surface area (Å²) in [7, 11) is 2.25. The Bertz CT molecular complexity index is 213. The lowest BCUT2D eigenvalue weighted by Gasteiger charge is -2.27. The number of fused-ring (bicyclic) bond motifs is 1. The zero-order valence-corrected chi connectivity index (χ0v) is 10.2. The molecule has 2 rings (SSSR count). The van der Waals surface area contributed by atoms with Gasteiger partial charge in [-0.05, 0) is 31.7 Å². The molecule has 2 aliphatic rings. The average Bonchev–Trinajstić information content (AvgIpc) is 2.70. The second-order valence-corrected chi connectivity index (χ2v) is 5.28. The largest absolute Gasteiger partial charge is 0.306 e. The summed E-state index contributed by atoms with van der Waals surface area (Å²) >= 11 is 0. The van der Waals surface area contributed by atoms with E-state index in [0.29, 0.717) is 0 Å². The highest BCUT2D eigenvalue weighted by molar-refractivity contribution is 4.95. The van der Waals surface area contributed by atoms with Gasteiger partial charge in [0.2, 0.25) is 0 Å². The third-order valence-electron chi connectivity index (χ3n) is 4.12. The van der Waals surface area contributed by atoms with Crippen LogP contribution in [0.1, 0.15) is 19.8 Å². The van der Waals surface area contributed by atoms with Crippen molar-refractivity contribution in [2.45, 2.75) is 25.8 Å². The van der Waals surface area contributed by atoms with Crippen molar-refractivity contribution in [2.24, 2.45) is 11.8 Å². The van der Waals surface area contributed by atoms with Gasteiger partial charge in [-0.2, -0.15) is 0 Å². The Kier molecular flexibility index (Phi) is 3.47. The Morgan fingerprint density at radius 3 is 2.33 bits per heavy atom. The minimum Gasteiger partial charge on any atom is -0.306 e. The molecule has 0 aromatic carbocycles. The van der Waals surface area contributed by atoms with Crippen molar-refractivity contribution in [1.29, 1.82) is 0 Å². The maximum absolute atomic E-state index is 3.87. The van der Waals surface area contributed by atoms with E-state index in [1.807, 2.05) is 0 Å². The van der Waals surface area contributed by atoms with Crippen LogP contribution in [-0.2, 0) is 0 Å². The van der Waals surface area contributed by atoms with E-state index in [0.717, 1.165) is 24.3 Å². The zero-order chi connectivity index (χ0) is 10.8. The van der Waals surface area contributed by atoms with Gasteiger partial charge < -0.3 is 4.90 Å². The first kappa shape index (κ1) is 11.2. The fourth-order valence-corrected chi connectivity index (χ4v) is 3.33. The normalized spacial score (nSPS) is 34.3. The maximum Gasteiger partial charge on any atom is 0.0127 e. The summed E-state index contributed by atoms with van der Waals surface area (Å²) in [6.07, 6.45) is 4.50. The van der Waals surface area contributed by atoms with Crippen LogP contribution in [0, 0.1) is 11.8 Å². The number of rotatable bonds is 4. The molecule has 0 amide bonds. The second-order valence-electron chi connectivity index (χ2n) is 5.28. The van der Waals surface area contributed by atoms with Crippen molar-refractivity contribution in [3.63, 3.8) is 0 Å². The van der Waals surface area contributed by atoms with E-state index in [4.69, 9.17) is 0 Å². The quantitative estimate of drug-likeness (QED) is 0.650. The van der Waals surface area contributed by atoms with Crippen molar-refractivity contribution in [2.75, 3.05) is 33.2 Å². The molecule has 0 N–H and O–H groups in total. The number of nitrogens with zero attached hydrogens (tertiary/aromatic N) is 2. The van der Waals surface area contributed by atoms with Gasteiger partial charge in [0.25, 0.3) is 0 Å². The smallest absolute Gasteiger partial charge is 0.0127 e. The van der Waals surface area contributed by atoms with E-state index in [1.165, 1.54) is 32.6 Å². The van der Waals surface area contributed by atoms with Gasteiger partial charge in [-0.15, -0.1) is 6.58 Å². The van der Waals surface area contributed by atoms with Gasteiger partial charge >= 0.3 is 0 Å². The molecule has 0 spiro atoms. The highest BCUT2D eigenvalue weighted by atomic mass is 15.2. The van der Waals surface area contributed by atoms with Crippen LogP contribution >= 0.6 is 0 Å². The summed E-state index contributed by atoms with van der Waals surface area (Å²) in [5, 5.41) is 0. The molecule has 0 radical (unpaired) electrons. The van der Waals surface area contributed by atoms with Crippen molar-refractivity contribution in [3.05, 3.63) is 12.7 Å². The van der Waals surface area contributed by atoms with Crippen LogP contribution < -0.4 is 0 Å². The summed E-state index contributed by atoms with van der Waals surface area (Å²) < 4.78 is 0. The summed E-state index contributed by atoms with van der Waals surface area (Å²) in [6, 6.07) is 0.749. The SMILES string of the molecule is C=CCC(CC)N1CC2CN(C)CC2C1. The first-order valence-electron chi connectivity index (χ1n) is 6.28. The molecular formula is C13H24N2. The molecule has 0 saturated carbocycles. The van der Waals surface area contributed by atoms with Crippen LogP contribution in [0.2, 0.25) is 0 Å². The molecule has 2 heterocycles. The molecule has 3 atom stereocenters. The Labute approximate surface area is 93.9 Å². The molecule has 15 heavy (non-hydrogen) atoms. The molecule has 2 heteroatoms. The first-order valence-corrected chi connectivity index (χ1v) is 6.28. The molecule has 0 bridgehead atoms. The van der Waals surface area contributed by atoms with Gasteiger partial charge in [0.1, 0.15) is 0 Å². The van der Waals surface area contributed by atoms with Gasteiger partial charge in [0.05, 0.1) is 0 Å². The van der Waals surface area contributed by atoms with Crippen molar-refractivity contribution in [1.82, 2.24) is 9.80 Å². The Morgan fingerprint density at radius 1 is 1.27 bits per heavy atom. The van der Waals surface area contributed by atoms with Crippen LogP contribution in [-0.4, -0.2) is 49.1 Å². The molecule has 0 aliphatic carbocycles. The summed E-state index contributed by atoms with van der Waals surface area (Å²) in [4.78, 5) is 5.19. The van der Waals surface area contributed by atoms with E-state index in [-0.39, 0.29) is 0 Å². The third kappa shape index (κ3) is 2.26. The van der Waals surface area contributed by atoms with E-state index in [1.54, 1.807) is 0 Å². The minimum atomic E-state index is 0.749. The third-order valence-corrected chi connectivity index (χ3v) is 4.12. The average molecular weight is 208 g/mol. The number of hydrogen-bond acceptors (Lipinski definition) is 2. The monoisotopic (exact) mass is 208 g/mol. The minimum absolute atomic E-state index is 0.749. The topological polar surface area (TPSA) is 6.48 Å². The van der Waals surface area contributed by atoms with Crippen LogP contribution in [0.3, 0.4) is 0 Å². The van der Waals surface area contributed by atoms with Gasteiger partial charge in [-0.25, -0.2) is 0 Å². The number of likely N-dealkylation sites (tertiary alicyclic amines) is 2. The maximum atomic E-state index is 3.87. The number of hydrogen-bond donors (Lipinski definition) is 0. The fourth-order valence-electron chi connectivity index (χ4n) is 3.33. The van der Waals surface area contributed by atoms with Crippen molar-refractivity contribution >= 4 is 0 Å². The summed E-state index contributed by atoms with van der Waals surface area (Å²) in [5.41, 5.74) is 0. The molecular weight excluding hydrogens is 184 g/mol. The molecule has 2 nitrogen and oxygen atoms in total. The first-order chi connectivity index (χ1) is 7.24. The molecule has 2 aliphatic heterocycles. The zero-order valence-electron chi connectivity index (χ0n) is 10.2. The Hall–Kier alpha value is -0.340. The lowest BCUT2D eigenvalue weighted by atomic mass is 10.0. The lowest BCUT2D eigenvalue weighted by Crippen LogP contribution is -2.35. The van der Waals surface area contributed by atoms with Crippen molar-refractivity contribution in [3.8, 4) is 0 Å². The van der Waals surface area contributed by atoms with E-state index >= 15 is 0 Å². The summed E-state index contributed by atoms with van der Waals surface area (Å²) in [5.74, 6) is 1.88. The Balaban J connectivity index is 1.90. The fraction of sp³-hybridized carbons (Fsp3) is 0.846. The predicted molar refractivity (Wildman–Crippen MR) is 64.9 cm³/mol. The lowest BCUT2D eigenvalue weighted by molar-refractivity contribution is 0.207. The standard InChI is InChI=1S/C13H24N2/c1-4-6-13(5-2)15-9-11-7-14(3)8-12(11)10-15/h4,11-13H,1,5-10H2,2-3H3.